The fourth-order valence-electron chi connectivity index (χ4n) is 2.80. The lowest BCUT2D eigenvalue weighted by Crippen LogP contribution is -2.38. The number of benzene rings is 1. The number of ether oxygens (including phenoxy) is 1. The number of fused-ring (bicyclic) bond motifs is 1. The minimum absolute atomic E-state index is 0.0969. The summed E-state index contributed by atoms with van der Waals surface area (Å²) in [5.41, 5.74) is 0.900. The summed E-state index contributed by atoms with van der Waals surface area (Å²) in [6.45, 7) is 2.78. The molecule has 1 saturated heterocycles. The van der Waals surface area contributed by atoms with Gasteiger partial charge in [-0.2, -0.15) is 0 Å². The minimum atomic E-state index is -3.12. The molecule has 98 valence electrons. The Bertz CT molecular complexity index is 555. The van der Waals surface area contributed by atoms with E-state index in [1.165, 1.54) is 0 Å². The van der Waals surface area contributed by atoms with Crippen molar-refractivity contribution in [1.29, 1.82) is 0 Å². The van der Waals surface area contributed by atoms with Crippen molar-refractivity contribution in [2.24, 2.45) is 0 Å². The Morgan fingerprint density at radius 3 is 2.83 bits per heavy atom. The molecule has 0 spiro atoms. The summed E-state index contributed by atoms with van der Waals surface area (Å²) in [6, 6.07) is 7.42. The maximum atomic E-state index is 12.0. The van der Waals surface area contributed by atoms with Crippen LogP contribution in [0.2, 0.25) is 0 Å². The van der Waals surface area contributed by atoms with Gasteiger partial charge in [0.1, 0.15) is 0 Å². The molecular weight excluding hydrogens is 250 g/mol. The Balaban J connectivity index is 1.87. The molecule has 2 aliphatic heterocycles. The van der Waals surface area contributed by atoms with E-state index in [9.17, 15) is 8.42 Å². The normalized spacial score (nSPS) is 33.5. The molecule has 1 aromatic rings. The summed E-state index contributed by atoms with van der Waals surface area (Å²) in [7, 11) is -3.12. The molecule has 3 rings (SSSR count). The van der Waals surface area contributed by atoms with Gasteiger partial charge < -0.3 is 10.1 Å². The number of rotatable bonds is 2. The van der Waals surface area contributed by atoms with Crippen molar-refractivity contribution in [3.63, 3.8) is 0 Å². The SMILES string of the molecule is CC1OCCC1NC1CS(=O)(=O)c2ccccc21. The largest absolute Gasteiger partial charge is 0.377 e. The van der Waals surface area contributed by atoms with Gasteiger partial charge in [0.05, 0.1) is 16.8 Å². The summed E-state index contributed by atoms with van der Waals surface area (Å²) < 4.78 is 29.6. The summed E-state index contributed by atoms with van der Waals surface area (Å²) >= 11 is 0. The van der Waals surface area contributed by atoms with Gasteiger partial charge in [-0.25, -0.2) is 8.42 Å². The zero-order valence-corrected chi connectivity index (χ0v) is 11.1. The molecule has 5 heteroatoms. The second-order valence-corrected chi connectivity index (χ2v) is 7.01. The number of sulfone groups is 1. The molecule has 0 aliphatic carbocycles. The van der Waals surface area contributed by atoms with Crippen LogP contribution in [0.1, 0.15) is 24.9 Å². The Morgan fingerprint density at radius 2 is 2.11 bits per heavy atom. The van der Waals surface area contributed by atoms with Gasteiger partial charge in [0.25, 0.3) is 0 Å². The maximum Gasteiger partial charge on any atom is 0.180 e. The molecule has 1 aromatic carbocycles. The van der Waals surface area contributed by atoms with E-state index in [-0.39, 0.29) is 23.9 Å². The zero-order valence-electron chi connectivity index (χ0n) is 10.3. The lowest BCUT2D eigenvalue weighted by Gasteiger charge is -2.21. The average molecular weight is 267 g/mol. The van der Waals surface area contributed by atoms with Crippen LogP contribution in [-0.4, -0.2) is 32.9 Å². The van der Waals surface area contributed by atoms with Crippen molar-refractivity contribution >= 4 is 9.84 Å². The number of hydrogen-bond acceptors (Lipinski definition) is 4. The van der Waals surface area contributed by atoms with Gasteiger partial charge in [-0.05, 0) is 25.0 Å². The Labute approximate surface area is 107 Å². The van der Waals surface area contributed by atoms with E-state index in [1.807, 2.05) is 19.1 Å². The summed E-state index contributed by atoms with van der Waals surface area (Å²) in [4.78, 5) is 0.481. The first-order chi connectivity index (χ1) is 8.58. The zero-order chi connectivity index (χ0) is 12.8. The Morgan fingerprint density at radius 1 is 1.33 bits per heavy atom. The summed E-state index contributed by atoms with van der Waals surface area (Å²) in [5.74, 6) is 0.162. The van der Waals surface area contributed by atoms with Crippen molar-refractivity contribution < 1.29 is 13.2 Å². The molecule has 2 aliphatic rings. The lowest BCUT2D eigenvalue weighted by molar-refractivity contribution is 0.111. The van der Waals surface area contributed by atoms with Gasteiger partial charge in [-0.3, -0.25) is 0 Å². The quantitative estimate of drug-likeness (QED) is 0.877. The summed E-state index contributed by atoms with van der Waals surface area (Å²) in [5, 5.41) is 3.44. The van der Waals surface area contributed by atoms with Crippen LogP contribution in [0.4, 0.5) is 0 Å². The predicted molar refractivity (Wildman–Crippen MR) is 68.2 cm³/mol. The third-order valence-corrected chi connectivity index (χ3v) is 5.62. The first-order valence-corrected chi connectivity index (χ1v) is 7.92. The summed E-state index contributed by atoms with van der Waals surface area (Å²) in [6.07, 6.45) is 1.10. The third kappa shape index (κ3) is 1.96. The minimum Gasteiger partial charge on any atom is -0.377 e. The van der Waals surface area contributed by atoms with Crippen molar-refractivity contribution in [2.75, 3.05) is 12.4 Å². The molecule has 4 nitrogen and oxygen atoms in total. The van der Waals surface area contributed by atoms with Crippen LogP contribution in [0.3, 0.4) is 0 Å². The molecule has 0 bridgehead atoms. The van der Waals surface area contributed by atoms with E-state index < -0.39 is 9.84 Å². The van der Waals surface area contributed by atoms with Crippen LogP contribution in [0.25, 0.3) is 0 Å². The number of hydrogen-bond donors (Lipinski definition) is 1. The first-order valence-electron chi connectivity index (χ1n) is 6.27. The van der Waals surface area contributed by atoms with E-state index in [0.29, 0.717) is 4.90 Å². The van der Waals surface area contributed by atoms with Crippen LogP contribution in [0, 0.1) is 0 Å². The topological polar surface area (TPSA) is 55.4 Å². The standard InChI is InChI=1S/C13H17NO3S/c1-9-11(6-7-17-9)14-12-8-18(15,16)13-5-3-2-4-10(12)13/h2-5,9,11-12,14H,6-8H2,1H3. The van der Waals surface area contributed by atoms with Gasteiger partial charge in [-0.15, -0.1) is 0 Å². The van der Waals surface area contributed by atoms with E-state index in [2.05, 4.69) is 5.32 Å². The molecule has 0 saturated carbocycles. The van der Waals surface area contributed by atoms with Crippen LogP contribution in [0.5, 0.6) is 0 Å². The van der Waals surface area contributed by atoms with Crippen molar-refractivity contribution in [1.82, 2.24) is 5.32 Å². The molecule has 0 amide bonds. The molecule has 3 unspecified atom stereocenters. The van der Waals surface area contributed by atoms with Crippen LogP contribution in [0.15, 0.2) is 29.2 Å². The van der Waals surface area contributed by atoms with Crippen molar-refractivity contribution in [3.8, 4) is 0 Å². The monoisotopic (exact) mass is 267 g/mol. The molecular formula is C13H17NO3S. The molecule has 1 N–H and O–H groups in total. The Kier molecular flexibility index (Phi) is 2.92. The van der Waals surface area contributed by atoms with Crippen LogP contribution in [-0.2, 0) is 14.6 Å². The van der Waals surface area contributed by atoms with Gasteiger partial charge >= 0.3 is 0 Å². The predicted octanol–water partition coefficient (Wildman–Crippen LogP) is 1.28. The van der Waals surface area contributed by atoms with Gasteiger partial charge in [-0.1, -0.05) is 18.2 Å². The van der Waals surface area contributed by atoms with Gasteiger partial charge in [0.15, 0.2) is 9.84 Å². The Hall–Kier alpha value is -0.910. The van der Waals surface area contributed by atoms with E-state index >= 15 is 0 Å². The maximum absolute atomic E-state index is 12.0. The van der Waals surface area contributed by atoms with E-state index in [4.69, 9.17) is 4.74 Å². The highest BCUT2D eigenvalue weighted by Gasteiger charge is 2.37. The average Bonchev–Trinajstić information content (AvgIpc) is 2.84. The molecule has 2 heterocycles. The highest BCUT2D eigenvalue weighted by Crippen LogP contribution is 2.34. The fraction of sp³-hybridized carbons (Fsp3) is 0.538. The van der Waals surface area contributed by atoms with Crippen molar-refractivity contribution in [2.45, 2.75) is 36.4 Å². The number of nitrogens with one attached hydrogen (secondary N) is 1. The molecule has 18 heavy (non-hydrogen) atoms. The molecule has 1 fully saturated rings. The second-order valence-electron chi connectivity index (χ2n) is 5.01. The van der Waals surface area contributed by atoms with E-state index in [1.54, 1.807) is 12.1 Å². The van der Waals surface area contributed by atoms with Crippen LogP contribution < -0.4 is 5.32 Å². The lowest BCUT2D eigenvalue weighted by atomic mass is 10.1. The van der Waals surface area contributed by atoms with Gasteiger partial charge in [0, 0.05) is 18.7 Å². The highest BCUT2D eigenvalue weighted by atomic mass is 32.2. The van der Waals surface area contributed by atoms with E-state index in [0.717, 1.165) is 18.6 Å². The van der Waals surface area contributed by atoms with Crippen molar-refractivity contribution in [3.05, 3.63) is 29.8 Å². The first kappa shape index (κ1) is 12.1. The third-order valence-electron chi connectivity index (χ3n) is 3.81. The molecule has 0 aromatic heterocycles. The van der Waals surface area contributed by atoms with Gasteiger partial charge in [0.2, 0.25) is 0 Å². The smallest absolute Gasteiger partial charge is 0.180 e. The second kappa shape index (κ2) is 4.33. The molecule has 0 radical (unpaired) electrons. The highest BCUT2D eigenvalue weighted by molar-refractivity contribution is 7.91. The molecule has 3 atom stereocenters. The fourth-order valence-corrected chi connectivity index (χ4v) is 4.55. The van der Waals surface area contributed by atoms with Crippen LogP contribution >= 0.6 is 0 Å².